The van der Waals surface area contributed by atoms with E-state index in [-0.39, 0.29) is 17.9 Å². The minimum Gasteiger partial charge on any atom is -0.381 e. The lowest BCUT2D eigenvalue weighted by atomic mass is 9.91. The van der Waals surface area contributed by atoms with Gasteiger partial charge in [0.05, 0.1) is 11.6 Å². The third-order valence-electron chi connectivity index (χ3n) is 4.32. The van der Waals surface area contributed by atoms with Crippen LogP contribution in [0.3, 0.4) is 0 Å². The highest BCUT2D eigenvalue weighted by Crippen LogP contribution is 2.27. The minimum atomic E-state index is -0.264. The highest BCUT2D eigenvalue weighted by atomic mass is 35.5. The van der Waals surface area contributed by atoms with Gasteiger partial charge in [-0.25, -0.2) is 0 Å². The molecule has 2 heterocycles. The Morgan fingerprint density at radius 2 is 2.11 bits per heavy atom. The molecule has 106 valence electrons. The molecular formula is C13H25ClN2O2. The van der Waals surface area contributed by atoms with Crippen LogP contribution in [-0.4, -0.2) is 49.2 Å². The highest BCUT2D eigenvalue weighted by molar-refractivity contribution is 5.86. The summed E-state index contributed by atoms with van der Waals surface area (Å²) in [7, 11) is 1.76. The first-order valence-corrected chi connectivity index (χ1v) is 6.79. The first-order valence-electron chi connectivity index (χ1n) is 6.79. The van der Waals surface area contributed by atoms with E-state index in [9.17, 15) is 4.79 Å². The molecule has 0 aromatic heterocycles. The molecule has 2 rings (SSSR count). The second kappa shape index (κ2) is 6.73. The maximum absolute atomic E-state index is 12.6. The smallest absolute Gasteiger partial charge is 0.242 e. The van der Waals surface area contributed by atoms with E-state index in [1.807, 2.05) is 4.90 Å². The molecule has 0 aliphatic carbocycles. The van der Waals surface area contributed by atoms with Crippen molar-refractivity contribution < 1.29 is 9.53 Å². The van der Waals surface area contributed by atoms with Gasteiger partial charge in [0.25, 0.3) is 0 Å². The molecule has 1 unspecified atom stereocenters. The van der Waals surface area contributed by atoms with E-state index in [1.54, 1.807) is 7.11 Å². The van der Waals surface area contributed by atoms with E-state index in [4.69, 9.17) is 4.74 Å². The molecule has 0 aromatic carbocycles. The number of hydrogen-bond donors (Lipinski definition) is 1. The minimum absolute atomic E-state index is 0. The average molecular weight is 277 g/mol. The molecule has 2 fully saturated rings. The number of rotatable bonds is 3. The lowest BCUT2D eigenvalue weighted by Gasteiger charge is -2.37. The lowest BCUT2D eigenvalue weighted by Crippen LogP contribution is -2.56. The molecule has 1 amide bonds. The summed E-state index contributed by atoms with van der Waals surface area (Å²) in [6.45, 7) is 4.79. The molecular weight excluding hydrogens is 252 g/mol. The molecule has 2 aliphatic heterocycles. The van der Waals surface area contributed by atoms with Gasteiger partial charge in [-0.05, 0) is 38.6 Å². The number of hydrogen-bond acceptors (Lipinski definition) is 3. The molecule has 1 N–H and O–H groups in total. The summed E-state index contributed by atoms with van der Waals surface area (Å²) >= 11 is 0. The Balaban J connectivity index is 0.00000162. The van der Waals surface area contributed by atoms with Gasteiger partial charge in [0.1, 0.15) is 0 Å². The molecule has 0 bridgehead atoms. The van der Waals surface area contributed by atoms with Crippen LogP contribution in [-0.2, 0) is 9.53 Å². The first-order chi connectivity index (χ1) is 8.22. The number of nitrogens with one attached hydrogen (secondary N) is 1. The third kappa shape index (κ3) is 2.98. The lowest BCUT2D eigenvalue weighted by molar-refractivity contribution is -0.140. The van der Waals surface area contributed by atoms with E-state index < -0.39 is 0 Å². The van der Waals surface area contributed by atoms with Gasteiger partial charge in [-0.15, -0.1) is 12.4 Å². The summed E-state index contributed by atoms with van der Waals surface area (Å²) in [6, 6.07) is 0. The van der Waals surface area contributed by atoms with E-state index >= 15 is 0 Å². The quantitative estimate of drug-likeness (QED) is 0.851. The first kappa shape index (κ1) is 15.7. The molecule has 2 aliphatic rings. The van der Waals surface area contributed by atoms with Gasteiger partial charge in [-0.1, -0.05) is 6.92 Å². The normalized spacial score (nSPS) is 29.1. The fourth-order valence-electron chi connectivity index (χ4n) is 3.04. The van der Waals surface area contributed by atoms with Gasteiger partial charge in [0, 0.05) is 20.2 Å². The van der Waals surface area contributed by atoms with Crippen LogP contribution in [0.5, 0.6) is 0 Å². The van der Waals surface area contributed by atoms with Crippen LogP contribution in [0.15, 0.2) is 0 Å². The van der Waals surface area contributed by atoms with Crippen molar-refractivity contribution in [1.29, 1.82) is 0 Å². The number of amides is 1. The van der Waals surface area contributed by atoms with Crippen molar-refractivity contribution >= 4 is 18.3 Å². The number of nitrogens with zero attached hydrogens (tertiary/aromatic N) is 1. The zero-order valence-corrected chi connectivity index (χ0v) is 12.2. The Hall–Kier alpha value is -0.320. The summed E-state index contributed by atoms with van der Waals surface area (Å²) in [5.74, 6) is 0.312. The van der Waals surface area contributed by atoms with Gasteiger partial charge >= 0.3 is 0 Å². The van der Waals surface area contributed by atoms with Crippen molar-refractivity contribution in [2.75, 3.05) is 26.7 Å². The summed E-state index contributed by atoms with van der Waals surface area (Å²) in [6.07, 6.45) is 5.30. The topological polar surface area (TPSA) is 41.6 Å². The Kier molecular flexibility index (Phi) is 5.89. The predicted octanol–water partition coefficient (Wildman–Crippen LogP) is 1.58. The monoisotopic (exact) mass is 276 g/mol. The maximum atomic E-state index is 12.6. The van der Waals surface area contributed by atoms with Crippen molar-refractivity contribution in [3.8, 4) is 0 Å². The van der Waals surface area contributed by atoms with Crippen LogP contribution in [0, 0.1) is 0 Å². The SMILES string of the molecule is CCC1(C(=O)N2CCC(OC)CC2)CCCN1.Cl. The Labute approximate surface area is 116 Å². The fourth-order valence-corrected chi connectivity index (χ4v) is 3.04. The second-order valence-corrected chi connectivity index (χ2v) is 5.19. The van der Waals surface area contributed by atoms with Crippen LogP contribution >= 0.6 is 12.4 Å². The predicted molar refractivity (Wildman–Crippen MR) is 74.1 cm³/mol. The molecule has 0 saturated carbocycles. The van der Waals surface area contributed by atoms with E-state index in [0.717, 1.165) is 51.7 Å². The second-order valence-electron chi connectivity index (χ2n) is 5.19. The number of carbonyl (C=O) groups excluding carboxylic acids is 1. The Bertz CT molecular complexity index is 272. The summed E-state index contributed by atoms with van der Waals surface area (Å²) in [5.41, 5.74) is -0.264. The average Bonchev–Trinajstić information content (AvgIpc) is 2.88. The summed E-state index contributed by atoms with van der Waals surface area (Å²) < 4.78 is 5.34. The maximum Gasteiger partial charge on any atom is 0.242 e. The largest absolute Gasteiger partial charge is 0.381 e. The Morgan fingerprint density at radius 3 is 2.56 bits per heavy atom. The van der Waals surface area contributed by atoms with Crippen molar-refractivity contribution in [3.63, 3.8) is 0 Å². The molecule has 4 nitrogen and oxygen atoms in total. The number of methoxy groups -OCH3 is 1. The van der Waals surface area contributed by atoms with Crippen LogP contribution in [0.4, 0.5) is 0 Å². The molecule has 18 heavy (non-hydrogen) atoms. The molecule has 0 spiro atoms. The van der Waals surface area contributed by atoms with E-state index in [1.165, 1.54) is 0 Å². The van der Waals surface area contributed by atoms with Crippen LogP contribution in [0.1, 0.15) is 39.0 Å². The van der Waals surface area contributed by atoms with E-state index in [2.05, 4.69) is 12.2 Å². The number of ether oxygens (including phenoxy) is 1. The molecule has 0 aromatic rings. The molecule has 0 radical (unpaired) electrons. The summed E-state index contributed by atoms with van der Waals surface area (Å²) in [4.78, 5) is 14.6. The van der Waals surface area contributed by atoms with Crippen LogP contribution in [0.25, 0.3) is 0 Å². The van der Waals surface area contributed by atoms with Crippen LogP contribution in [0.2, 0.25) is 0 Å². The Morgan fingerprint density at radius 1 is 1.44 bits per heavy atom. The number of carbonyl (C=O) groups is 1. The van der Waals surface area contributed by atoms with Gasteiger partial charge in [-0.3, -0.25) is 4.79 Å². The zero-order valence-electron chi connectivity index (χ0n) is 11.4. The van der Waals surface area contributed by atoms with Gasteiger partial charge in [-0.2, -0.15) is 0 Å². The van der Waals surface area contributed by atoms with Crippen molar-refractivity contribution in [2.24, 2.45) is 0 Å². The molecule has 2 saturated heterocycles. The van der Waals surface area contributed by atoms with E-state index in [0.29, 0.717) is 12.0 Å². The molecule has 1 atom stereocenters. The van der Waals surface area contributed by atoms with Gasteiger partial charge in [0.15, 0.2) is 0 Å². The van der Waals surface area contributed by atoms with Crippen molar-refractivity contribution in [1.82, 2.24) is 10.2 Å². The standard InChI is InChI=1S/C13H24N2O2.ClH/c1-3-13(7-4-8-14-13)12(16)15-9-5-11(17-2)6-10-15;/h11,14H,3-10H2,1-2H3;1H. The van der Waals surface area contributed by atoms with Gasteiger partial charge in [0.2, 0.25) is 5.91 Å². The zero-order chi connectivity index (χ0) is 12.3. The van der Waals surface area contributed by atoms with Gasteiger partial charge < -0.3 is 15.0 Å². The number of halogens is 1. The highest BCUT2D eigenvalue weighted by Gasteiger charge is 2.42. The van der Waals surface area contributed by atoms with Crippen molar-refractivity contribution in [2.45, 2.75) is 50.7 Å². The number of likely N-dealkylation sites (tertiary alicyclic amines) is 1. The van der Waals surface area contributed by atoms with Crippen molar-refractivity contribution in [3.05, 3.63) is 0 Å². The fraction of sp³-hybridized carbons (Fsp3) is 0.923. The molecule has 5 heteroatoms. The third-order valence-corrected chi connectivity index (χ3v) is 4.32. The number of piperidine rings is 1. The van der Waals surface area contributed by atoms with Crippen LogP contribution < -0.4 is 5.32 Å². The summed E-state index contributed by atoms with van der Waals surface area (Å²) in [5, 5.41) is 3.42.